The number of nitrogens with zero attached hydrogens (tertiary/aromatic N) is 2. The molecule has 4 heterocycles. The Labute approximate surface area is 469 Å². The van der Waals surface area contributed by atoms with Crippen molar-refractivity contribution >= 4 is 46.4 Å². The van der Waals surface area contributed by atoms with Crippen molar-refractivity contribution in [3.05, 3.63) is 85.9 Å². The Hall–Kier alpha value is -6.48. The number of carbonyl (C=O) groups excluding carboxylic acids is 5. The number of amides is 4. The number of nitrogens with one attached hydrogen (secondary N) is 4. The van der Waals surface area contributed by atoms with Gasteiger partial charge in [-0.15, -0.1) is 0 Å². The molecule has 3 aliphatic rings. The number of ether oxygens (including phenoxy) is 8. The summed E-state index contributed by atoms with van der Waals surface area (Å²) in [6.07, 6.45) is 1.35. The first-order valence-corrected chi connectivity index (χ1v) is 27.8. The van der Waals surface area contributed by atoms with Crippen molar-refractivity contribution in [2.75, 3.05) is 97.7 Å². The fourth-order valence-corrected chi connectivity index (χ4v) is 10.1. The van der Waals surface area contributed by atoms with Crippen molar-refractivity contribution in [3.63, 3.8) is 0 Å². The van der Waals surface area contributed by atoms with Crippen LogP contribution >= 0.6 is 0 Å². The Morgan fingerprint density at radius 1 is 0.827 bits per heavy atom. The van der Waals surface area contributed by atoms with Crippen LogP contribution in [0.5, 0.6) is 5.75 Å². The highest BCUT2D eigenvalue weighted by atomic mass is 19.1. The number of halogens is 1. The number of esters is 1. The number of aromatic nitrogens is 2. The number of rotatable bonds is 33. The van der Waals surface area contributed by atoms with Crippen LogP contribution in [0.3, 0.4) is 0 Å². The quantitative estimate of drug-likeness (QED) is 0.0234. The Balaban J connectivity index is 0.885. The molecule has 2 aliphatic heterocycles. The van der Waals surface area contributed by atoms with Crippen LogP contribution in [0, 0.1) is 18.7 Å². The van der Waals surface area contributed by atoms with Gasteiger partial charge in [0.15, 0.2) is 5.60 Å². The highest BCUT2D eigenvalue weighted by Gasteiger charge is 2.46. The van der Waals surface area contributed by atoms with Gasteiger partial charge in [-0.3, -0.25) is 19.2 Å². The Morgan fingerprint density at radius 3 is 2.06 bits per heavy atom. The maximum Gasteiger partial charge on any atom is 0.413 e. The summed E-state index contributed by atoms with van der Waals surface area (Å²) >= 11 is 0. The minimum Gasteiger partial charge on any atom is -0.458 e. The molecule has 4 atom stereocenters. The zero-order valence-corrected chi connectivity index (χ0v) is 46.6. The van der Waals surface area contributed by atoms with E-state index >= 15 is 4.39 Å². The predicted octanol–water partition coefficient (Wildman–Crippen LogP) is 3.44. The van der Waals surface area contributed by atoms with E-state index < -0.39 is 64.9 Å². The molecular weight excluding hydrogens is 1060 g/mol. The second-order valence-corrected chi connectivity index (χ2v) is 20.3. The standard InChI is InChI=1S/C57H77FN8O15/c1-5-57(73)41-30-46-51-39(32-66(46)54(70)40(41)33-80-55(57)71)49-43(14-13-38-35(4)42(58)31-45(62-51)48(38)49)64-56(72)81-37-11-9-36(10-12-37)61-52(68)44(8-6-7-16-59)63-53(69)50(34(2)3)65-47(67)15-18-74-20-22-76-24-26-78-28-29-79-27-25-77-23-21-75-19-17-60/h9-12,30-31,34,43-44,50,73H,5-8,13-29,32-33,59-60H2,1-4H3,(H,61,68)(H,63,69)(H,64,72)(H,65,67)/t43-,44-,50?,57-/m0/s1. The number of pyridine rings is 2. The van der Waals surface area contributed by atoms with Gasteiger partial charge in [0.05, 0.1) is 114 Å². The summed E-state index contributed by atoms with van der Waals surface area (Å²) in [5.41, 5.74) is 12.8. The van der Waals surface area contributed by atoms with Gasteiger partial charge < -0.3 is 80.3 Å². The van der Waals surface area contributed by atoms with E-state index in [0.717, 1.165) is 5.56 Å². The number of aryl methyl sites for hydroxylation is 1. The van der Waals surface area contributed by atoms with Crippen LogP contribution in [0.15, 0.2) is 41.2 Å². The molecule has 0 bridgehead atoms. The van der Waals surface area contributed by atoms with E-state index in [1.165, 1.54) is 22.8 Å². The molecule has 2 aromatic carbocycles. The van der Waals surface area contributed by atoms with Gasteiger partial charge >= 0.3 is 12.1 Å². The van der Waals surface area contributed by atoms with E-state index in [1.807, 2.05) is 0 Å². The van der Waals surface area contributed by atoms with Gasteiger partial charge in [0.25, 0.3) is 5.56 Å². The molecule has 0 saturated heterocycles. The third-order valence-corrected chi connectivity index (χ3v) is 14.4. The predicted molar refractivity (Wildman–Crippen MR) is 295 cm³/mol. The normalized spacial score (nSPS) is 16.8. The first kappa shape index (κ1) is 62.1. The first-order chi connectivity index (χ1) is 39.1. The lowest BCUT2D eigenvalue weighted by Crippen LogP contribution is -2.54. The Morgan fingerprint density at radius 2 is 1.46 bits per heavy atom. The lowest BCUT2D eigenvalue weighted by molar-refractivity contribution is -0.172. The van der Waals surface area contributed by atoms with Gasteiger partial charge in [0.2, 0.25) is 17.7 Å². The van der Waals surface area contributed by atoms with Crippen molar-refractivity contribution in [2.24, 2.45) is 17.4 Å². The van der Waals surface area contributed by atoms with Crippen molar-refractivity contribution in [2.45, 2.75) is 110 Å². The van der Waals surface area contributed by atoms with Crippen molar-refractivity contribution in [1.29, 1.82) is 0 Å². The minimum absolute atomic E-state index is 0.00362. The van der Waals surface area contributed by atoms with Gasteiger partial charge in [-0.1, -0.05) is 20.8 Å². The molecule has 0 saturated carbocycles. The molecule has 2 aromatic heterocycles. The SMILES string of the molecule is CC[C@@]1(O)C(=O)OCc2c1cc1n(c2=O)Cc2c-1nc1cc(F)c(C)c3c1c2[C@@H](NC(=O)Oc1ccc(NC(=O)[C@H](CCCCN)NC(=O)C(NC(=O)CCOCCOCCOCCOCCOCCOCCN)C(C)C)cc1)CC3. The maximum absolute atomic E-state index is 15.5. The first-order valence-electron chi connectivity index (χ1n) is 27.8. The molecular formula is C57H77FN8O15. The molecule has 24 heteroatoms. The van der Waals surface area contributed by atoms with Crippen LogP contribution in [-0.2, 0) is 77.5 Å². The molecule has 0 radical (unpaired) electrons. The Kier molecular flexibility index (Phi) is 23.0. The molecule has 0 fully saturated rings. The van der Waals surface area contributed by atoms with Crippen LogP contribution in [0.1, 0.15) is 98.7 Å². The monoisotopic (exact) mass is 1130 g/mol. The number of fused-ring (bicyclic) bond motifs is 5. The molecule has 23 nitrogen and oxygen atoms in total. The van der Waals surface area contributed by atoms with Crippen LogP contribution in [-0.4, -0.2) is 149 Å². The lowest BCUT2D eigenvalue weighted by atomic mass is 9.81. The number of carbonyl (C=O) groups is 5. The number of cyclic esters (lactones) is 1. The second-order valence-electron chi connectivity index (χ2n) is 20.3. The zero-order chi connectivity index (χ0) is 58.1. The molecule has 1 unspecified atom stereocenters. The van der Waals surface area contributed by atoms with Gasteiger partial charge in [-0.25, -0.2) is 19.0 Å². The summed E-state index contributed by atoms with van der Waals surface area (Å²) in [6, 6.07) is 6.42. The molecule has 81 heavy (non-hydrogen) atoms. The third-order valence-electron chi connectivity index (χ3n) is 14.4. The number of hydrogen-bond donors (Lipinski definition) is 7. The minimum atomic E-state index is -2.04. The average molecular weight is 1130 g/mol. The van der Waals surface area contributed by atoms with Gasteiger partial charge in [-0.2, -0.15) is 0 Å². The van der Waals surface area contributed by atoms with E-state index in [2.05, 4.69) is 21.3 Å². The van der Waals surface area contributed by atoms with E-state index in [-0.39, 0.29) is 68.4 Å². The van der Waals surface area contributed by atoms with E-state index in [9.17, 15) is 33.9 Å². The van der Waals surface area contributed by atoms with E-state index in [1.54, 1.807) is 45.9 Å². The van der Waals surface area contributed by atoms with Crippen molar-refractivity contribution < 1.29 is 71.4 Å². The summed E-state index contributed by atoms with van der Waals surface area (Å²) in [7, 11) is 0. The molecule has 0 spiro atoms. The molecule has 4 amide bonds. The number of aliphatic hydroxyl groups is 1. The highest BCUT2D eigenvalue weighted by molar-refractivity contribution is 5.99. The smallest absolute Gasteiger partial charge is 0.413 e. The molecule has 442 valence electrons. The van der Waals surface area contributed by atoms with Gasteiger partial charge in [0.1, 0.15) is 30.3 Å². The van der Waals surface area contributed by atoms with Gasteiger partial charge in [0, 0.05) is 41.2 Å². The van der Waals surface area contributed by atoms with Crippen LogP contribution in [0.2, 0.25) is 0 Å². The molecule has 4 aromatic rings. The van der Waals surface area contributed by atoms with E-state index in [4.69, 9.17) is 54.3 Å². The summed E-state index contributed by atoms with van der Waals surface area (Å²) in [6.45, 7) is 12.2. The molecule has 9 N–H and O–H groups in total. The third kappa shape index (κ3) is 15.8. The fraction of sp³-hybridized carbons (Fsp3) is 0.561. The van der Waals surface area contributed by atoms with Gasteiger partial charge in [-0.05, 0) is 105 Å². The van der Waals surface area contributed by atoms with Crippen LogP contribution in [0.25, 0.3) is 22.3 Å². The zero-order valence-electron chi connectivity index (χ0n) is 46.6. The van der Waals surface area contributed by atoms with Crippen molar-refractivity contribution in [3.8, 4) is 17.1 Å². The topological polar surface area (TPSA) is 314 Å². The summed E-state index contributed by atoms with van der Waals surface area (Å²) in [5.74, 6) is -2.92. The van der Waals surface area contributed by atoms with Crippen LogP contribution < -0.4 is 43.0 Å². The fourth-order valence-electron chi connectivity index (χ4n) is 10.1. The van der Waals surface area contributed by atoms with Crippen molar-refractivity contribution in [1.82, 2.24) is 25.5 Å². The largest absolute Gasteiger partial charge is 0.458 e. The second kappa shape index (κ2) is 30.0. The average Bonchev–Trinajstić information content (AvgIpc) is 3.99. The number of anilines is 1. The number of unbranched alkanes of at least 4 members (excludes halogenated alkanes) is 1. The lowest BCUT2D eigenvalue weighted by Gasteiger charge is -2.31. The van der Waals surface area contributed by atoms with E-state index in [0.29, 0.717) is 150 Å². The Bertz CT molecular complexity index is 2910. The summed E-state index contributed by atoms with van der Waals surface area (Å²) < 4.78 is 60.6. The summed E-state index contributed by atoms with van der Waals surface area (Å²) in [5, 5.41) is 23.5. The number of hydrogen-bond acceptors (Lipinski definition) is 18. The molecule has 7 rings (SSSR count). The summed E-state index contributed by atoms with van der Waals surface area (Å²) in [4.78, 5) is 85.9. The molecule has 1 aliphatic carbocycles. The van der Waals surface area contributed by atoms with Crippen LogP contribution in [0.4, 0.5) is 14.9 Å². The maximum atomic E-state index is 15.5. The number of benzene rings is 2. The highest BCUT2D eigenvalue weighted by Crippen LogP contribution is 2.46. The number of nitrogens with two attached hydrogens (primary N) is 2.